The van der Waals surface area contributed by atoms with Gasteiger partial charge in [-0.15, -0.1) is 0 Å². The van der Waals surface area contributed by atoms with Crippen LogP contribution >= 0.6 is 11.6 Å². The molecule has 2 unspecified atom stereocenters. The highest BCUT2D eigenvalue weighted by molar-refractivity contribution is 6.31. The van der Waals surface area contributed by atoms with Gasteiger partial charge in [-0.1, -0.05) is 54.8 Å². The summed E-state index contributed by atoms with van der Waals surface area (Å²) in [6.07, 6.45) is 6.66. The molecule has 0 bridgehead atoms. The van der Waals surface area contributed by atoms with Gasteiger partial charge in [-0.05, 0) is 68.6 Å². The van der Waals surface area contributed by atoms with Crippen molar-refractivity contribution >= 4 is 11.6 Å². The van der Waals surface area contributed by atoms with Crippen molar-refractivity contribution in [1.29, 1.82) is 0 Å². The molecule has 2 aromatic rings. The molecule has 2 aromatic carbocycles. The number of aryl methyl sites for hydroxylation is 1. The smallest absolute Gasteiger partial charge is 0.123 e. The zero-order chi connectivity index (χ0) is 18.4. The summed E-state index contributed by atoms with van der Waals surface area (Å²) in [5.74, 6) is -0.173. The summed E-state index contributed by atoms with van der Waals surface area (Å²) in [4.78, 5) is 0. The van der Waals surface area contributed by atoms with Gasteiger partial charge in [-0.2, -0.15) is 0 Å². The molecule has 0 aliphatic heterocycles. The summed E-state index contributed by atoms with van der Waals surface area (Å²) in [5.41, 5.74) is 2.26. The second kappa shape index (κ2) is 8.98. The molecule has 2 atom stereocenters. The van der Waals surface area contributed by atoms with E-state index in [-0.39, 0.29) is 11.4 Å². The molecule has 0 radical (unpaired) electrons. The summed E-state index contributed by atoms with van der Waals surface area (Å²) in [5, 5.41) is 8.21. The Kier molecular flexibility index (Phi) is 6.68. The van der Waals surface area contributed by atoms with E-state index in [2.05, 4.69) is 22.8 Å². The van der Waals surface area contributed by atoms with Gasteiger partial charge in [0, 0.05) is 11.1 Å². The van der Waals surface area contributed by atoms with Crippen molar-refractivity contribution in [1.82, 2.24) is 10.6 Å². The Labute approximate surface area is 161 Å². The molecule has 0 amide bonds. The van der Waals surface area contributed by atoms with E-state index in [1.807, 2.05) is 31.3 Å². The SMILES string of the molecule is CNC1(c2ccccc2Cl)CCCCC1NCCCc1ccc(F)cc1. The van der Waals surface area contributed by atoms with Crippen molar-refractivity contribution in [2.45, 2.75) is 50.1 Å². The summed E-state index contributed by atoms with van der Waals surface area (Å²) in [6, 6.07) is 15.4. The van der Waals surface area contributed by atoms with E-state index in [4.69, 9.17) is 11.6 Å². The molecule has 2 nitrogen and oxygen atoms in total. The van der Waals surface area contributed by atoms with Crippen molar-refractivity contribution in [2.75, 3.05) is 13.6 Å². The average Bonchev–Trinajstić information content (AvgIpc) is 2.67. The van der Waals surface area contributed by atoms with Crippen LogP contribution in [-0.4, -0.2) is 19.6 Å². The summed E-state index contributed by atoms with van der Waals surface area (Å²) in [6.45, 7) is 0.940. The highest BCUT2D eigenvalue weighted by Gasteiger charge is 2.41. The van der Waals surface area contributed by atoms with Crippen LogP contribution in [0.15, 0.2) is 48.5 Å². The van der Waals surface area contributed by atoms with E-state index in [1.165, 1.54) is 36.1 Å². The summed E-state index contributed by atoms with van der Waals surface area (Å²) < 4.78 is 13.0. The van der Waals surface area contributed by atoms with E-state index in [0.29, 0.717) is 6.04 Å². The van der Waals surface area contributed by atoms with Crippen LogP contribution in [-0.2, 0) is 12.0 Å². The number of rotatable bonds is 7. The average molecular weight is 375 g/mol. The number of hydrogen-bond acceptors (Lipinski definition) is 2. The Morgan fingerprint density at radius 2 is 1.88 bits per heavy atom. The molecule has 1 aliphatic rings. The first-order chi connectivity index (χ1) is 12.7. The van der Waals surface area contributed by atoms with Crippen LogP contribution in [0.4, 0.5) is 4.39 Å². The zero-order valence-corrected chi connectivity index (χ0v) is 16.2. The van der Waals surface area contributed by atoms with Crippen molar-refractivity contribution in [3.05, 3.63) is 70.5 Å². The second-order valence-corrected chi connectivity index (χ2v) is 7.59. The summed E-state index contributed by atoms with van der Waals surface area (Å²) in [7, 11) is 2.04. The Morgan fingerprint density at radius 3 is 2.62 bits per heavy atom. The molecule has 1 aliphatic carbocycles. The van der Waals surface area contributed by atoms with Crippen LogP contribution in [0.5, 0.6) is 0 Å². The van der Waals surface area contributed by atoms with E-state index in [1.54, 1.807) is 0 Å². The third kappa shape index (κ3) is 4.28. The maximum absolute atomic E-state index is 13.0. The van der Waals surface area contributed by atoms with E-state index >= 15 is 0 Å². The molecule has 2 N–H and O–H groups in total. The fourth-order valence-electron chi connectivity index (χ4n) is 4.25. The predicted molar refractivity (Wildman–Crippen MR) is 107 cm³/mol. The molecule has 0 spiro atoms. The molecular formula is C22H28ClFN2. The van der Waals surface area contributed by atoms with E-state index in [0.717, 1.165) is 37.3 Å². The Morgan fingerprint density at radius 1 is 1.12 bits per heavy atom. The van der Waals surface area contributed by atoms with Crippen molar-refractivity contribution in [3.8, 4) is 0 Å². The first-order valence-electron chi connectivity index (χ1n) is 9.57. The van der Waals surface area contributed by atoms with Crippen molar-refractivity contribution < 1.29 is 4.39 Å². The van der Waals surface area contributed by atoms with E-state index < -0.39 is 0 Å². The van der Waals surface area contributed by atoms with Gasteiger partial charge in [-0.25, -0.2) is 4.39 Å². The molecule has 1 saturated carbocycles. The van der Waals surface area contributed by atoms with Crippen LogP contribution in [0.25, 0.3) is 0 Å². The third-order valence-electron chi connectivity index (χ3n) is 5.66. The molecule has 0 saturated heterocycles. The Balaban J connectivity index is 1.64. The number of likely N-dealkylation sites (N-methyl/N-ethyl adjacent to an activating group) is 1. The third-order valence-corrected chi connectivity index (χ3v) is 5.99. The quantitative estimate of drug-likeness (QED) is 0.662. The van der Waals surface area contributed by atoms with Gasteiger partial charge in [0.15, 0.2) is 0 Å². The predicted octanol–water partition coefficient (Wildman–Crippen LogP) is 5.06. The van der Waals surface area contributed by atoms with Gasteiger partial charge >= 0.3 is 0 Å². The van der Waals surface area contributed by atoms with Gasteiger partial charge < -0.3 is 10.6 Å². The highest BCUT2D eigenvalue weighted by Crippen LogP contribution is 2.40. The van der Waals surface area contributed by atoms with Crippen LogP contribution in [0.1, 0.15) is 43.2 Å². The van der Waals surface area contributed by atoms with E-state index in [9.17, 15) is 4.39 Å². The highest BCUT2D eigenvalue weighted by atomic mass is 35.5. The molecular weight excluding hydrogens is 347 g/mol. The van der Waals surface area contributed by atoms with Crippen molar-refractivity contribution in [3.63, 3.8) is 0 Å². The van der Waals surface area contributed by atoms with Gasteiger partial charge in [0.25, 0.3) is 0 Å². The monoisotopic (exact) mass is 374 g/mol. The standard InChI is InChI=1S/C22H28ClFN2/c1-25-22(19-8-2-3-9-20(19)23)15-5-4-10-21(22)26-16-6-7-17-11-13-18(24)14-12-17/h2-3,8-9,11-14,21,25-26H,4-7,10,15-16H2,1H3. The maximum atomic E-state index is 13.0. The van der Waals surface area contributed by atoms with Crippen LogP contribution in [0.3, 0.4) is 0 Å². The van der Waals surface area contributed by atoms with Gasteiger partial charge in [-0.3, -0.25) is 0 Å². The molecule has 140 valence electrons. The molecule has 26 heavy (non-hydrogen) atoms. The molecule has 0 heterocycles. The minimum atomic E-state index is -0.173. The number of benzene rings is 2. The zero-order valence-electron chi connectivity index (χ0n) is 15.4. The van der Waals surface area contributed by atoms with Gasteiger partial charge in [0.1, 0.15) is 5.82 Å². The summed E-state index contributed by atoms with van der Waals surface area (Å²) >= 11 is 6.55. The molecule has 1 fully saturated rings. The molecule has 3 rings (SSSR count). The first-order valence-corrected chi connectivity index (χ1v) is 9.95. The lowest BCUT2D eigenvalue weighted by atomic mass is 9.72. The Bertz CT molecular complexity index is 704. The number of halogens is 2. The van der Waals surface area contributed by atoms with Crippen molar-refractivity contribution in [2.24, 2.45) is 0 Å². The van der Waals surface area contributed by atoms with Gasteiger partial charge in [0.05, 0.1) is 5.54 Å². The maximum Gasteiger partial charge on any atom is 0.123 e. The molecule has 0 aromatic heterocycles. The minimum Gasteiger partial charge on any atom is -0.312 e. The topological polar surface area (TPSA) is 24.1 Å². The van der Waals surface area contributed by atoms with Crippen LogP contribution in [0.2, 0.25) is 5.02 Å². The molecule has 4 heteroatoms. The number of nitrogens with one attached hydrogen (secondary N) is 2. The largest absolute Gasteiger partial charge is 0.312 e. The second-order valence-electron chi connectivity index (χ2n) is 7.18. The Hall–Kier alpha value is -1.42. The number of hydrogen-bond donors (Lipinski definition) is 2. The normalized spacial score (nSPS) is 23.1. The fraction of sp³-hybridized carbons (Fsp3) is 0.455. The lowest BCUT2D eigenvalue weighted by molar-refractivity contribution is 0.178. The lowest BCUT2D eigenvalue weighted by Crippen LogP contribution is -2.58. The minimum absolute atomic E-state index is 0.119. The lowest BCUT2D eigenvalue weighted by Gasteiger charge is -2.45. The van der Waals surface area contributed by atoms with Gasteiger partial charge in [0.2, 0.25) is 0 Å². The first kappa shape index (κ1) is 19.3. The fourth-order valence-corrected chi connectivity index (χ4v) is 4.55. The van der Waals surface area contributed by atoms with Crippen LogP contribution < -0.4 is 10.6 Å². The van der Waals surface area contributed by atoms with Crippen LogP contribution in [0, 0.1) is 5.82 Å².